The Kier molecular flexibility index (Phi) is 5.90. The third kappa shape index (κ3) is 5.95. The SMILES string of the molecule is C[C@H](N)/C(=C/F)COc1ccc(C(=O)NC(C)(C)C)cc1. The number of hydrogen-bond donors (Lipinski definition) is 2. The van der Waals surface area contributed by atoms with Gasteiger partial charge in [-0.3, -0.25) is 4.79 Å². The van der Waals surface area contributed by atoms with Gasteiger partial charge in [0.05, 0.1) is 6.33 Å². The number of carbonyl (C=O) groups is 1. The third-order valence-electron chi connectivity index (χ3n) is 2.74. The fraction of sp³-hybridized carbons (Fsp3) is 0.438. The van der Waals surface area contributed by atoms with E-state index < -0.39 is 6.04 Å². The Labute approximate surface area is 125 Å². The first-order valence-electron chi connectivity index (χ1n) is 6.83. The van der Waals surface area contributed by atoms with Crippen molar-refractivity contribution in [3.63, 3.8) is 0 Å². The number of nitrogens with two attached hydrogens (primary N) is 1. The number of amides is 1. The zero-order chi connectivity index (χ0) is 16.0. The van der Waals surface area contributed by atoms with Crippen molar-refractivity contribution in [1.29, 1.82) is 0 Å². The van der Waals surface area contributed by atoms with Gasteiger partial charge in [-0.15, -0.1) is 0 Å². The van der Waals surface area contributed by atoms with Crippen LogP contribution in [0.4, 0.5) is 4.39 Å². The van der Waals surface area contributed by atoms with E-state index in [0.717, 1.165) is 0 Å². The average molecular weight is 294 g/mol. The van der Waals surface area contributed by atoms with Gasteiger partial charge >= 0.3 is 0 Å². The lowest BCUT2D eigenvalue weighted by atomic mass is 10.1. The van der Waals surface area contributed by atoms with Gasteiger partial charge in [0.25, 0.3) is 5.91 Å². The topological polar surface area (TPSA) is 64.3 Å². The summed E-state index contributed by atoms with van der Waals surface area (Å²) in [6.45, 7) is 7.53. The molecule has 0 spiro atoms. The molecule has 4 nitrogen and oxygen atoms in total. The highest BCUT2D eigenvalue weighted by atomic mass is 19.1. The van der Waals surface area contributed by atoms with Crippen molar-refractivity contribution in [3.05, 3.63) is 41.7 Å². The number of hydrogen-bond acceptors (Lipinski definition) is 3. The number of rotatable bonds is 5. The van der Waals surface area contributed by atoms with Crippen LogP contribution in [0.3, 0.4) is 0 Å². The molecule has 0 aliphatic carbocycles. The summed E-state index contributed by atoms with van der Waals surface area (Å²) in [5.74, 6) is 0.413. The second-order valence-electron chi connectivity index (χ2n) is 5.99. The van der Waals surface area contributed by atoms with E-state index in [9.17, 15) is 9.18 Å². The van der Waals surface area contributed by atoms with Gasteiger partial charge in [-0.1, -0.05) is 0 Å². The number of ether oxygens (including phenoxy) is 1. The molecule has 0 aromatic heterocycles. The quantitative estimate of drug-likeness (QED) is 0.877. The van der Waals surface area contributed by atoms with Crippen molar-refractivity contribution in [2.45, 2.75) is 39.3 Å². The van der Waals surface area contributed by atoms with E-state index in [0.29, 0.717) is 23.2 Å². The molecule has 0 radical (unpaired) electrons. The Morgan fingerprint density at radius 1 is 1.38 bits per heavy atom. The second kappa shape index (κ2) is 7.22. The molecule has 0 bridgehead atoms. The Morgan fingerprint density at radius 3 is 2.38 bits per heavy atom. The zero-order valence-corrected chi connectivity index (χ0v) is 12.9. The average Bonchev–Trinajstić information content (AvgIpc) is 2.37. The molecule has 1 rings (SSSR count). The number of carbonyl (C=O) groups excluding carboxylic acids is 1. The summed E-state index contributed by atoms with van der Waals surface area (Å²) in [6, 6.07) is 6.29. The minimum atomic E-state index is -0.396. The maximum absolute atomic E-state index is 12.6. The molecule has 1 aromatic rings. The van der Waals surface area contributed by atoms with Crippen molar-refractivity contribution in [1.82, 2.24) is 5.32 Å². The third-order valence-corrected chi connectivity index (χ3v) is 2.74. The Bertz CT molecular complexity index is 502. The van der Waals surface area contributed by atoms with Crippen molar-refractivity contribution < 1.29 is 13.9 Å². The summed E-state index contributed by atoms with van der Waals surface area (Å²) in [5, 5.41) is 2.87. The predicted molar refractivity (Wildman–Crippen MR) is 82.0 cm³/mol. The van der Waals surface area contributed by atoms with Crippen LogP contribution in [0.5, 0.6) is 5.75 Å². The number of halogens is 1. The highest BCUT2D eigenvalue weighted by Gasteiger charge is 2.15. The molecule has 0 aliphatic heterocycles. The van der Waals surface area contributed by atoms with Crippen LogP contribution < -0.4 is 15.8 Å². The molecule has 5 heteroatoms. The van der Waals surface area contributed by atoms with Crippen molar-refractivity contribution in [2.24, 2.45) is 5.73 Å². The highest BCUT2D eigenvalue weighted by molar-refractivity contribution is 5.94. The highest BCUT2D eigenvalue weighted by Crippen LogP contribution is 2.14. The molecule has 1 aromatic carbocycles. The van der Waals surface area contributed by atoms with Gasteiger partial charge in [-0.05, 0) is 52.0 Å². The molecule has 1 amide bonds. The first-order chi connectivity index (χ1) is 9.73. The summed E-state index contributed by atoms with van der Waals surface area (Å²) in [6.07, 6.45) is 0.468. The minimum Gasteiger partial charge on any atom is -0.489 e. The summed E-state index contributed by atoms with van der Waals surface area (Å²) >= 11 is 0. The Balaban J connectivity index is 2.64. The van der Waals surface area contributed by atoms with Gasteiger partial charge in [-0.2, -0.15) is 0 Å². The van der Waals surface area contributed by atoms with Gasteiger partial charge in [-0.25, -0.2) is 4.39 Å². The lowest BCUT2D eigenvalue weighted by molar-refractivity contribution is 0.0919. The molecule has 0 unspecified atom stereocenters. The molecule has 0 fully saturated rings. The van der Waals surface area contributed by atoms with Crippen molar-refractivity contribution >= 4 is 5.91 Å². The zero-order valence-electron chi connectivity index (χ0n) is 12.9. The fourth-order valence-corrected chi connectivity index (χ4v) is 1.54. The molecule has 0 aliphatic rings. The monoisotopic (exact) mass is 294 g/mol. The molecular weight excluding hydrogens is 271 g/mol. The number of benzene rings is 1. The van der Waals surface area contributed by atoms with Crippen LogP contribution >= 0.6 is 0 Å². The molecule has 3 N–H and O–H groups in total. The maximum atomic E-state index is 12.6. The van der Waals surface area contributed by atoms with Crippen LogP contribution in [-0.2, 0) is 0 Å². The van der Waals surface area contributed by atoms with Crippen molar-refractivity contribution in [3.8, 4) is 5.75 Å². The lowest BCUT2D eigenvalue weighted by Gasteiger charge is -2.20. The maximum Gasteiger partial charge on any atom is 0.251 e. The summed E-state index contributed by atoms with van der Waals surface area (Å²) < 4.78 is 18.0. The van der Waals surface area contributed by atoms with E-state index >= 15 is 0 Å². The molecule has 0 heterocycles. The molecule has 1 atom stereocenters. The summed E-state index contributed by atoms with van der Waals surface area (Å²) in [4.78, 5) is 11.9. The Morgan fingerprint density at radius 2 is 1.95 bits per heavy atom. The van der Waals surface area contributed by atoms with Crippen LogP contribution in [0, 0.1) is 0 Å². The largest absolute Gasteiger partial charge is 0.489 e. The summed E-state index contributed by atoms with van der Waals surface area (Å²) in [7, 11) is 0. The van der Waals surface area contributed by atoms with Gasteiger partial charge in [0.1, 0.15) is 12.4 Å². The lowest BCUT2D eigenvalue weighted by Crippen LogP contribution is -2.40. The van der Waals surface area contributed by atoms with Crippen LogP contribution in [0.25, 0.3) is 0 Å². The van der Waals surface area contributed by atoms with Gasteiger partial charge in [0.2, 0.25) is 0 Å². The normalized spacial score (nSPS) is 13.7. The van der Waals surface area contributed by atoms with Gasteiger partial charge in [0.15, 0.2) is 0 Å². The molecule has 21 heavy (non-hydrogen) atoms. The van der Waals surface area contributed by atoms with Crippen LogP contribution in [-0.4, -0.2) is 24.1 Å². The Hall–Kier alpha value is -1.88. The smallest absolute Gasteiger partial charge is 0.251 e. The van der Waals surface area contributed by atoms with Crippen LogP contribution in [0.15, 0.2) is 36.2 Å². The van der Waals surface area contributed by atoms with E-state index in [1.54, 1.807) is 31.2 Å². The van der Waals surface area contributed by atoms with E-state index in [1.807, 2.05) is 20.8 Å². The van der Waals surface area contributed by atoms with Crippen LogP contribution in [0.1, 0.15) is 38.1 Å². The predicted octanol–water partition coefficient (Wildman–Crippen LogP) is 2.79. The minimum absolute atomic E-state index is 0.0850. The molecule has 0 saturated carbocycles. The standard InChI is InChI=1S/C16H23FN2O2/c1-11(18)13(9-17)10-21-14-7-5-12(6-8-14)15(20)19-16(2,3)4/h5-9,11H,10,18H2,1-4H3,(H,19,20)/b13-9+/t11-/m0/s1. The van der Waals surface area contributed by atoms with E-state index in [1.165, 1.54) is 0 Å². The molecular formula is C16H23FN2O2. The molecule has 116 valence electrons. The van der Waals surface area contributed by atoms with Crippen molar-refractivity contribution in [2.75, 3.05) is 6.61 Å². The first-order valence-corrected chi connectivity index (χ1v) is 6.83. The van der Waals surface area contributed by atoms with E-state index in [2.05, 4.69) is 5.32 Å². The fourth-order valence-electron chi connectivity index (χ4n) is 1.54. The number of nitrogens with one attached hydrogen (secondary N) is 1. The van der Waals surface area contributed by atoms with Gasteiger partial charge < -0.3 is 15.8 Å². The van der Waals surface area contributed by atoms with E-state index in [-0.39, 0.29) is 18.1 Å². The second-order valence-corrected chi connectivity index (χ2v) is 5.99. The van der Waals surface area contributed by atoms with E-state index in [4.69, 9.17) is 10.5 Å². The molecule has 0 saturated heterocycles. The van der Waals surface area contributed by atoms with Crippen LogP contribution in [0.2, 0.25) is 0 Å². The van der Waals surface area contributed by atoms with Gasteiger partial charge in [0, 0.05) is 22.7 Å². The summed E-state index contributed by atoms with van der Waals surface area (Å²) in [5.41, 5.74) is 6.23. The first kappa shape index (κ1) is 17.2.